The molecule has 31 heavy (non-hydrogen) atoms. The van der Waals surface area contributed by atoms with Crippen LogP contribution in [-0.2, 0) is 20.1 Å². The molecule has 2 aromatic carbocycles. The Labute approximate surface area is 185 Å². The minimum atomic E-state index is 0.431. The molecule has 1 aliphatic heterocycles. The zero-order valence-corrected chi connectivity index (χ0v) is 18.9. The molecule has 164 valence electrons. The van der Waals surface area contributed by atoms with Gasteiger partial charge in [-0.25, -0.2) is 9.98 Å². The number of fused-ring (bicyclic) bond motifs is 1. The highest BCUT2D eigenvalue weighted by Crippen LogP contribution is 2.20. The Balaban J connectivity index is 1.37. The summed E-state index contributed by atoms with van der Waals surface area (Å²) in [5, 5.41) is 7.08. The van der Waals surface area contributed by atoms with Crippen molar-refractivity contribution < 1.29 is 0 Å². The van der Waals surface area contributed by atoms with Crippen molar-refractivity contribution in [2.45, 2.75) is 51.9 Å². The van der Waals surface area contributed by atoms with Crippen LogP contribution in [0.15, 0.2) is 59.6 Å². The van der Waals surface area contributed by atoms with Gasteiger partial charge in [0.2, 0.25) is 0 Å². The van der Waals surface area contributed by atoms with Crippen molar-refractivity contribution in [3.05, 3.63) is 66.0 Å². The maximum absolute atomic E-state index is 4.84. The van der Waals surface area contributed by atoms with E-state index in [-0.39, 0.29) is 0 Å². The number of aryl methyl sites for hydroxylation is 1. The van der Waals surface area contributed by atoms with Crippen LogP contribution in [0.4, 0.5) is 0 Å². The molecule has 1 aromatic heterocycles. The van der Waals surface area contributed by atoms with Crippen LogP contribution in [0.25, 0.3) is 11.0 Å². The fourth-order valence-corrected chi connectivity index (χ4v) is 4.40. The zero-order valence-electron chi connectivity index (χ0n) is 18.9. The third-order valence-corrected chi connectivity index (χ3v) is 6.19. The number of piperidine rings is 1. The number of para-hydroxylation sites is 2. The van der Waals surface area contributed by atoms with Gasteiger partial charge in [-0.1, -0.05) is 42.5 Å². The smallest absolute Gasteiger partial charge is 0.191 e. The fraction of sp³-hybridized carbons (Fsp3) is 0.440. The van der Waals surface area contributed by atoms with Gasteiger partial charge in [0.25, 0.3) is 0 Å². The van der Waals surface area contributed by atoms with Gasteiger partial charge in [0.15, 0.2) is 5.96 Å². The van der Waals surface area contributed by atoms with Crippen molar-refractivity contribution in [1.82, 2.24) is 25.1 Å². The number of nitrogens with one attached hydrogen (secondary N) is 2. The van der Waals surface area contributed by atoms with Crippen LogP contribution < -0.4 is 10.6 Å². The number of aromatic nitrogens is 2. The summed E-state index contributed by atoms with van der Waals surface area (Å²) in [6.07, 6.45) is 2.23. The summed E-state index contributed by atoms with van der Waals surface area (Å²) in [4.78, 5) is 12.2. The van der Waals surface area contributed by atoms with Crippen LogP contribution in [0.1, 0.15) is 38.1 Å². The third kappa shape index (κ3) is 5.25. The van der Waals surface area contributed by atoms with Gasteiger partial charge in [0.1, 0.15) is 12.4 Å². The molecule has 2 N–H and O–H groups in total. The molecule has 6 heteroatoms. The van der Waals surface area contributed by atoms with E-state index in [1.807, 2.05) is 12.1 Å². The summed E-state index contributed by atoms with van der Waals surface area (Å²) in [7, 11) is 2.06. The second-order valence-electron chi connectivity index (χ2n) is 8.44. The molecule has 1 fully saturated rings. The minimum absolute atomic E-state index is 0.431. The Kier molecular flexibility index (Phi) is 6.87. The number of guanidine groups is 1. The molecule has 2 unspecified atom stereocenters. The van der Waals surface area contributed by atoms with Crippen molar-refractivity contribution in [2.75, 3.05) is 13.1 Å². The van der Waals surface area contributed by atoms with Gasteiger partial charge in [-0.3, -0.25) is 4.90 Å². The molecule has 0 spiro atoms. The van der Waals surface area contributed by atoms with Crippen molar-refractivity contribution in [3.63, 3.8) is 0 Å². The highest BCUT2D eigenvalue weighted by molar-refractivity contribution is 5.80. The Hall–Kier alpha value is -2.86. The maximum Gasteiger partial charge on any atom is 0.191 e. The number of imidazole rings is 1. The molecule has 2 heterocycles. The highest BCUT2D eigenvalue weighted by atomic mass is 15.2. The van der Waals surface area contributed by atoms with Gasteiger partial charge in [-0.2, -0.15) is 0 Å². The van der Waals surface area contributed by atoms with E-state index in [2.05, 4.69) is 83.5 Å². The van der Waals surface area contributed by atoms with E-state index in [1.54, 1.807) is 0 Å². The molecule has 0 radical (unpaired) electrons. The number of likely N-dealkylation sites (tertiary alicyclic amines) is 1. The summed E-state index contributed by atoms with van der Waals surface area (Å²) in [6.45, 7) is 7.96. The van der Waals surface area contributed by atoms with Gasteiger partial charge < -0.3 is 15.2 Å². The highest BCUT2D eigenvalue weighted by Gasteiger charge is 2.26. The SMILES string of the molecule is CCNC(=NCc1nc2ccccc2n1C)NC1CCN(Cc2ccccc2)C(C)C1. The second-order valence-corrected chi connectivity index (χ2v) is 8.44. The first-order valence-corrected chi connectivity index (χ1v) is 11.4. The van der Waals surface area contributed by atoms with Crippen molar-refractivity contribution >= 4 is 17.0 Å². The Bertz CT molecular complexity index is 1010. The number of nitrogens with zero attached hydrogens (tertiary/aromatic N) is 4. The van der Waals surface area contributed by atoms with Crippen LogP contribution in [0.2, 0.25) is 0 Å². The quantitative estimate of drug-likeness (QED) is 0.474. The van der Waals surface area contributed by atoms with Crippen molar-refractivity contribution in [3.8, 4) is 0 Å². The van der Waals surface area contributed by atoms with Gasteiger partial charge in [0, 0.05) is 38.8 Å². The summed E-state index contributed by atoms with van der Waals surface area (Å²) in [5.41, 5.74) is 3.55. The van der Waals surface area contributed by atoms with E-state index >= 15 is 0 Å². The van der Waals surface area contributed by atoms with E-state index in [4.69, 9.17) is 9.98 Å². The van der Waals surface area contributed by atoms with E-state index in [0.717, 1.165) is 55.3 Å². The molecule has 4 rings (SSSR count). The van der Waals surface area contributed by atoms with Gasteiger partial charge in [-0.15, -0.1) is 0 Å². The summed E-state index contributed by atoms with van der Waals surface area (Å²) >= 11 is 0. The molecule has 3 aromatic rings. The van der Waals surface area contributed by atoms with E-state index in [1.165, 1.54) is 5.56 Å². The normalized spacial score (nSPS) is 20.2. The lowest BCUT2D eigenvalue weighted by Gasteiger charge is -2.38. The number of aliphatic imine (C=N–C) groups is 1. The first kappa shape index (κ1) is 21.4. The Morgan fingerprint density at radius 1 is 1.13 bits per heavy atom. The average Bonchev–Trinajstić information content (AvgIpc) is 3.11. The standard InChI is InChI=1S/C25H34N6/c1-4-26-25(27-17-24-29-22-12-8-9-13-23(22)30(24)3)28-21-14-15-31(19(2)16-21)18-20-10-6-5-7-11-20/h5-13,19,21H,4,14-18H2,1-3H3,(H2,26,27,28). The molecule has 0 aliphatic carbocycles. The van der Waals surface area contributed by atoms with E-state index in [0.29, 0.717) is 18.6 Å². The topological polar surface area (TPSA) is 57.5 Å². The Morgan fingerprint density at radius 3 is 2.65 bits per heavy atom. The van der Waals surface area contributed by atoms with Crippen LogP contribution in [0.3, 0.4) is 0 Å². The van der Waals surface area contributed by atoms with Gasteiger partial charge in [0.05, 0.1) is 11.0 Å². The number of rotatable bonds is 6. The molecule has 1 aliphatic rings. The monoisotopic (exact) mass is 418 g/mol. The fourth-order valence-electron chi connectivity index (χ4n) is 4.40. The van der Waals surface area contributed by atoms with Crippen molar-refractivity contribution in [2.24, 2.45) is 12.0 Å². The average molecular weight is 419 g/mol. The summed E-state index contributed by atoms with van der Waals surface area (Å²) < 4.78 is 2.13. The van der Waals surface area contributed by atoms with Gasteiger partial charge in [-0.05, 0) is 44.4 Å². The molecule has 0 amide bonds. The predicted molar refractivity (Wildman–Crippen MR) is 128 cm³/mol. The zero-order chi connectivity index (χ0) is 21.6. The number of benzene rings is 2. The van der Waals surface area contributed by atoms with Gasteiger partial charge >= 0.3 is 0 Å². The van der Waals surface area contributed by atoms with E-state index < -0.39 is 0 Å². The Morgan fingerprint density at radius 2 is 1.90 bits per heavy atom. The van der Waals surface area contributed by atoms with E-state index in [9.17, 15) is 0 Å². The maximum atomic E-state index is 4.84. The lowest BCUT2D eigenvalue weighted by atomic mass is 9.97. The minimum Gasteiger partial charge on any atom is -0.357 e. The molecule has 1 saturated heterocycles. The number of hydrogen-bond acceptors (Lipinski definition) is 3. The molecular formula is C25H34N6. The first-order valence-electron chi connectivity index (χ1n) is 11.4. The summed E-state index contributed by atoms with van der Waals surface area (Å²) in [5.74, 6) is 1.85. The third-order valence-electron chi connectivity index (χ3n) is 6.19. The van der Waals surface area contributed by atoms with Crippen LogP contribution in [0.5, 0.6) is 0 Å². The first-order chi connectivity index (χ1) is 15.1. The molecule has 0 bridgehead atoms. The molecular weight excluding hydrogens is 384 g/mol. The number of hydrogen-bond donors (Lipinski definition) is 2. The molecule has 2 atom stereocenters. The predicted octanol–water partition coefficient (Wildman–Crippen LogP) is 3.68. The molecule has 6 nitrogen and oxygen atoms in total. The largest absolute Gasteiger partial charge is 0.357 e. The van der Waals surface area contributed by atoms with Crippen LogP contribution >= 0.6 is 0 Å². The lowest BCUT2D eigenvalue weighted by molar-refractivity contribution is 0.134. The lowest BCUT2D eigenvalue weighted by Crippen LogP contribution is -2.51. The summed E-state index contributed by atoms with van der Waals surface area (Å²) in [6, 6.07) is 20.0. The van der Waals surface area contributed by atoms with Crippen molar-refractivity contribution in [1.29, 1.82) is 0 Å². The second kappa shape index (κ2) is 9.96. The molecule has 0 saturated carbocycles. The van der Waals surface area contributed by atoms with Crippen LogP contribution in [-0.4, -0.2) is 45.6 Å². The van der Waals surface area contributed by atoms with Crippen LogP contribution in [0, 0.1) is 0 Å².